The summed E-state index contributed by atoms with van der Waals surface area (Å²) in [6, 6.07) is 0.499. The highest BCUT2D eigenvalue weighted by atomic mass is 16.5. The summed E-state index contributed by atoms with van der Waals surface area (Å²) < 4.78 is 5.38. The second-order valence-electron chi connectivity index (χ2n) is 4.00. The first-order valence-corrected chi connectivity index (χ1v) is 4.68. The van der Waals surface area contributed by atoms with Crippen molar-refractivity contribution in [3.63, 3.8) is 0 Å². The standard InChI is InChI=1S/C9H15NO3/c1-13-9(5-8(11)12)4-7-6(9)2-3-10-7/h6-7,10H,2-5H2,1H3,(H,11,12)/t6-,7-,9+/m0/s1. The number of methoxy groups -OCH3 is 1. The van der Waals surface area contributed by atoms with Gasteiger partial charge < -0.3 is 15.2 Å². The molecule has 13 heavy (non-hydrogen) atoms. The minimum atomic E-state index is -0.757. The summed E-state index contributed by atoms with van der Waals surface area (Å²) >= 11 is 0. The van der Waals surface area contributed by atoms with Crippen molar-refractivity contribution < 1.29 is 14.6 Å². The van der Waals surface area contributed by atoms with Crippen molar-refractivity contribution in [3.05, 3.63) is 0 Å². The highest BCUT2D eigenvalue weighted by molar-refractivity contribution is 5.68. The van der Waals surface area contributed by atoms with Crippen LogP contribution in [0.15, 0.2) is 0 Å². The van der Waals surface area contributed by atoms with E-state index in [1.807, 2.05) is 0 Å². The first-order chi connectivity index (χ1) is 6.18. The van der Waals surface area contributed by atoms with E-state index in [0.29, 0.717) is 12.0 Å². The molecule has 0 spiro atoms. The Hall–Kier alpha value is -0.610. The molecule has 3 atom stereocenters. The van der Waals surface area contributed by atoms with E-state index in [9.17, 15) is 4.79 Å². The van der Waals surface area contributed by atoms with Gasteiger partial charge in [0.1, 0.15) is 0 Å². The Morgan fingerprint density at radius 3 is 3.08 bits per heavy atom. The van der Waals surface area contributed by atoms with E-state index < -0.39 is 5.97 Å². The fraction of sp³-hybridized carbons (Fsp3) is 0.889. The van der Waals surface area contributed by atoms with E-state index in [1.165, 1.54) is 0 Å². The molecule has 74 valence electrons. The third kappa shape index (κ3) is 1.25. The van der Waals surface area contributed by atoms with Crippen LogP contribution in [-0.4, -0.2) is 36.4 Å². The molecule has 1 saturated carbocycles. The number of hydrogen-bond acceptors (Lipinski definition) is 3. The minimum Gasteiger partial charge on any atom is -0.481 e. The van der Waals surface area contributed by atoms with Crippen LogP contribution in [0.2, 0.25) is 0 Å². The van der Waals surface area contributed by atoms with E-state index in [-0.39, 0.29) is 12.0 Å². The average Bonchev–Trinajstić information content (AvgIpc) is 2.43. The van der Waals surface area contributed by atoms with Crippen LogP contribution in [-0.2, 0) is 9.53 Å². The van der Waals surface area contributed by atoms with Crippen LogP contribution >= 0.6 is 0 Å². The Balaban J connectivity index is 2.05. The molecule has 2 fully saturated rings. The lowest BCUT2D eigenvalue weighted by Crippen LogP contribution is -2.60. The number of carboxylic acids is 1. The summed E-state index contributed by atoms with van der Waals surface area (Å²) in [6.45, 7) is 1.00. The van der Waals surface area contributed by atoms with Gasteiger partial charge in [-0.15, -0.1) is 0 Å². The summed E-state index contributed by atoms with van der Waals surface area (Å²) in [7, 11) is 1.62. The highest BCUT2D eigenvalue weighted by Gasteiger charge is 2.56. The summed E-state index contributed by atoms with van der Waals surface area (Å²) in [5.74, 6) is -0.346. The summed E-state index contributed by atoms with van der Waals surface area (Å²) in [5.41, 5.74) is -0.375. The molecule has 2 aliphatic rings. The zero-order valence-corrected chi connectivity index (χ0v) is 7.75. The zero-order valence-electron chi connectivity index (χ0n) is 7.75. The predicted molar refractivity (Wildman–Crippen MR) is 46.5 cm³/mol. The summed E-state index contributed by atoms with van der Waals surface area (Å²) in [4.78, 5) is 10.7. The van der Waals surface area contributed by atoms with Crippen LogP contribution in [0.1, 0.15) is 19.3 Å². The fourth-order valence-corrected chi connectivity index (χ4v) is 2.74. The minimum absolute atomic E-state index is 0.145. The molecule has 0 bridgehead atoms. The summed E-state index contributed by atoms with van der Waals surface area (Å²) in [5, 5.41) is 12.1. The molecule has 0 unspecified atom stereocenters. The topological polar surface area (TPSA) is 58.6 Å². The van der Waals surface area contributed by atoms with Gasteiger partial charge in [0.2, 0.25) is 0 Å². The van der Waals surface area contributed by atoms with E-state index >= 15 is 0 Å². The average molecular weight is 185 g/mol. The Labute approximate surface area is 77.3 Å². The lowest BCUT2D eigenvalue weighted by atomic mass is 9.64. The van der Waals surface area contributed by atoms with E-state index in [1.54, 1.807) is 7.11 Å². The van der Waals surface area contributed by atoms with Gasteiger partial charge in [0.25, 0.3) is 0 Å². The van der Waals surface area contributed by atoms with Crippen molar-refractivity contribution in [3.8, 4) is 0 Å². The van der Waals surface area contributed by atoms with Crippen LogP contribution in [0, 0.1) is 5.92 Å². The van der Waals surface area contributed by atoms with Gasteiger partial charge in [0.15, 0.2) is 0 Å². The van der Waals surface area contributed by atoms with Crippen molar-refractivity contribution >= 4 is 5.97 Å². The lowest BCUT2D eigenvalue weighted by molar-refractivity contribution is -0.164. The third-order valence-electron chi connectivity index (χ3n) is 3.45. The predicted octanol–water partition coefficient (Wildman–Crippen LogP) is 0.228. The van der Waals surface area contributed by atoms with Gasteiger partial charge in [0.05, 0.1) is 12.0 Å². The first kappa shape index (κ1) is 8.97. The van der Waals surface area contributed by atoms with Gasteiger partial charge in [0, 0.05) is 19.1 Å². The van der Waals surface area contributed by atoms with Crippen molar-refractivity contribution in [1.29, 1.82) is 0 Å². The fourth-order valence-electron chi connectivity index (χ4n) is 2.74. The van der Waals surface area contributed by atoms with Crippen molar-refractivity contribution in [2.24, 2.45) is 5.92 Å². The molecule has 1 aliphatic carbocycles. The second kappa shape index (κ2) is 2.96. The molecule has 1 saturated heterocycles. The number of rotatable bonds is 3. The van der Waals surface area contributed by atoms with Crippen LogP contribution in [0.3, 0.4) is 0 Å². The molecule has 0 aromatic rings. The molecule has 0 amide bonds. The molecule has 2 rings (SSSR count). The number of hydrogen-bond donors (Lipinski definition) is 2. The van der Waals surface area contributed by atoms with Gasteiger partial charge in [-0.3, -0.25) is 4.79 Å². The summed E-state index contributed by atoms with van der Waals surface area (Å²) in [6.07, 6.45) is 2.04. The quantitative estimate of drug-likeness (QED) is 0.660. The highest BCUT2D eigenvalue weighted by Crippen LogP contribution is 2.48. The molecule has 0 aromatic carbocycles. The molecule has 1 aliphatic heterocycles. The molecular formula is C9H15NO3. The molecule has 4 heteroatoms. The monoisotopic (exact) mass is 185 g/mol. The van der Waals surface area contributed by atoms with Gasteiger partial charge in [-0.05, 0) is 19.4 Å². The first-order valence-electron chi connectivity index (χ1n) is 4.68. The maximum Gasteiger partial charge on any atom is 0.306 e. The number of nitrogens with one attached hydrogen (secondary N) is 1. The maximum absolute atomic E-state index is 10.7. The molecule has 4 nitrogen and oxygen atoms in total. The van der Waals surface area contributed by atoms with Gasteiger partial charge in [-0.2, -0.15) is 0 Å². The van der Waals surface area contributed by atoms with Crippen LogP contribution < -0.4 is 5.32 Å². The normalized spacial score (nSPS) is 42.5. The number of aliphatic carboxylic acids is 1. The zero-order chi connectivity index (χ0) is 9.47. The number of carbonyl (C=O) groups is 1. The Bertz CT molecular complexity index is 231. The van der Waals surface area contributed by atoms with Gasteiger partial charge >= 0.3 is 5.97 Å². The Morgan fingerprint density at radius 1 is 1.77 bits per heavy atom. The molecule has 2 N–H and O–H groups in total. The Kier molecular flexibility index (Phi) is 2.04. The van der Waals surface area contributed by atoms with Gasteiger partial charge in [-0.25, -0.2) is 0 Å². The third-order valence-corrected chi connectivity index (χ3v) is 3.45. The van der Waals surface area contributed by atoms with Crippen LogP contribution in [0.25, 0.3) is 0 Å². The molecule has 1 heterocycles. The van der Waals surface area contributed by atoms with E-state index in [4.69, 9.17) is 9.84 Å². The smallest absolute Gasteiger partial charge is 0.306 e. The SMILES string of the molecule is CO[C@@]1(CC(=O)O)C[C@@H]2NCC[C@@H]21. The Morgan fingerprint density at radius 2 is 2.54 bits per heavy atom. The van der Waals surface area contributed by atoms with E-state index in [0.717, 1.165) is 19.4 Å². The van der Waals surface area contributed by atoms with Crippen molar-refractivity contribution in [1.82, 2.24) is 5.32 Å². The second-order valence-corrected chi connectivity index (χ2v) is 4.00. The number of carboxylic acid groups (broad SMARTS) is 1. The van der Waals surface area contributed by atoms with Crippen molar-refractivity contribution in [2.75, 3.05) is 13.7 Å². The number of fused-ring (bicyclic) bond motifs is 1. The van der Waals surface area contributed by atoms with Crippen LogP contribution in [0.5, 0.6) is 0 Å². The van der Waals surface area contributed by atoms with E-state index in [2.05, 4.69) is 5.32 Å². The molecular weight excluding hydrogens is 170 g/mol. The van der Waals surface area contributed by atoms with Gasteiger partial charge in [-0.1, -0.05) is 0 Å². The maximum atomic E-state index is 10.7. The lowest BCUT2D eigenvalue weighted by Gasteiger charge is -2.50. The van der Waals surface area contributed by atoms with Crippen molar-refractivity contribution in [2.45, 2.75) is 30.9 Å². The van der Waals surface area contributed by atoms with Crippen LogP contribution in [0.4, 0.5) is 0 Å². The molecule has 0 radical (unpaired) electrons. The largest absolute Gasteiger partial charge is 0.481 e. The number of ether oxygens (including phenoxy) is 1. The molecule has 0 aromatic heterocycles.